The highest BCUT2D eigenvalue weighted by Crippen LogP contribution is 2.03. The Morgan fingerprint density at radius 2 is 2.14 bits per heavy atom. The predicted octanol–water partition coefficient (Wildman–Crippen LogP) is -0.349. The maximum Gasteiger partial charge on any atom is 0.325 e. The quantitative estimate of drug-likeness (QED) is 0.577. The molecule has 0 aliphatic heterocycles. The maximum absolute atomic E-state index is 11.3. The van der Waals surface area contributed by atoms with Crippen LogP contribution in [0.1, 0.15) is 19.8 Å². The number of hydrogen-bond donors (Lipinski definition) is 2. The van der Waals surface area contributed by atoms with Crippen LogP contribution in [-0.2, 0) is 14.3 Å². The predicted molar refractivity (Wildman–Crippen MR) is 52.5 cm³/mol. The molecule has 0 rings (SSSR count). The van der Waals surface area contributed by atoms with E-state index >= 15 is 0 Å². The van der Waals surface area contributed by atoms with E-state index in [1.165, 1.54) is 7.11 Å². The Hall–Kier alpha value is -1.10. The van der Waals surface area contributed by atoms with Gasteiger partial charge in [-0.15, -0.1) is 0 Å². The van der Waals surface area contributed by atoms with Gasteiger partial charge < -0.3 is 15.8 Å². The Bertz CT molecular complexity index is 194. The zero-order valence-electron chi connectivity index (χ0n) is 8.71. The Labute approximate surface area is 84.0 Å². The van der Waals surface area contributed by atoms with Crippen LogP contribution in [0.25, 0.3) is 0 Å². The Morgan fingerprint density at radius 1 is 1.50 bits per heavy atom. The lowest BCUT2D eigenvalue weighted by Crippen LogP contribution is -2.34. The molecule has 1 unspecified atom stereocenters. The molecule has 0 radical (unpaired) electrons. The van der Waals surface area contributed by atoms with Crippen molar-refractivity contribution in [1.82, 2.24) is 5.32 Å². The largest absolute Gasteiger partial charge is 0.468 e. The molecule has 82 valence electrons. The summed E-state index contributed by atoms with van der Waals surface area (Å²) in [5.41, 5.74) is 5.31. The fourth-order valence-electron chi connectivity index (χ4n) is 0.961. The van der Waals surface area contributed by atoms with Crippen molar-refractivity contribution in [3.63, 3.8) is 0 Å². The molecular weight excluding hydrogens is 184 g/mol. The SMILES string of the molecule is COC(=O)CNC(=O)C(C)CCCN. The minimum absolute atomic E-state index is 0.0672. The van der Waals surface area contributed by atoms with Crippen LogP contribution in [0.4, 0.5) is 0 Å². The van der Waals surface area contributed by atoms with Crippen molar-refractivity contribution in [2.24, 2.45) is 11.7 Å². The van der Waals surface area contributed by atoms with Gasteiger partial charge in [0.25, 0.3) is 0 Å². The number of amides is 1. The molecule has 1 atom stereocenters. The van der Waals surface area contributed by atoms with Crippen molar-refractivity contribution < 1.29 is 14.3 Å². The lowest BCUT2D eigenvalue weighted by Gasteiger charge is -2.10. The molecule has 1 amide bonds. The number of hydrogen-bond acceptors (Lipinski definition) is 4. The van der Waals surface area contributed by atoms with E-state index in [0.29, 0.717) is 6.54 Å². The summed E-state index contributed by atoms with van der Waals surface area (Å²) in [6, 6.07) is 0. The van der Waals surface area contributed by atoms with Crippen LogP contribution in [0.2, 0.25) is 0 Å². The molecular formula is C9H18N2O3. The van der Waals surface area contributed by atoms with E-state index < -0.39 is 5.97 Å². The van der Waals surface area contributed by atoms with Crippen LogP contribution < -0.4 is 11.1 Å². The van der Waals surface area contributed by atoms with E-state index in [1.807, 2.05) is 6.92 Å². The van der Waals surface area contributed by atoms with Gasteiger partial charge in [-0.2, -0.15) is 0 Å². The lowest BCUT2D eigenvalue weighted by molar-refractivity contribution is -0.141. The molecule has 0 saturated carbocycles. The summed E-state index contributed by atoms with van der Waals surface area (Å²) in [5, 5.41) is 2.49. The molecule has 0 aromatic carbocycles. The van der Waals surface area contributed by atoms with Crippen molar-refractivity contribution >= 4 is 11.9 Å². The number of methoxy groups -OCH3 is 1. The second kappa shape index (κ2) is 7.32. The van der Waals surface area contributed by atoms with Gasteiger partial charge in [0.2, 0.25) is 5.91 Å². The Morgan fingerprint density at radius 3 is 2.64 bits per heavy atom. The highest BCUT2D eigenvalue weighted by molar-refractivity contribution is 5.83. The molecule has 0 saturated heterocycles. The number of nitrogens with one attached hydrogen (secondary N) is 1. The van der Waals surface area contributed by atoms with E-state index in [2.05, 4.69) is 10.1 Å². The van der Waals surface area contributed by atoms with Crippen molar-refractivity contribution in [2.75, 3.05) is 20.2 Å². The summed E-state index contributed by atoms with van der Waals surface area (Å²) < 4.78 is 4.39. The normalized spacial score (nSPS) is 11.9. The van der Waals surface area contributed by atoms with E-state index in [4.69, 9.17) is 5.73 Å². The zero-order chi connectivity index (χ0) is 11.0. The van der Waals surface area contributed by atoms with Crippen molar-refractivity contribution in [1.29, 1.82) is 0 Å². The molecule has 3 N–H and O–H groups in total. The average molecular weight is 202 g/mol. The van der Waals surface area contributed by atoms with Gasteiger partial charge in [0.15, 0.2) is 0 Å². The number of esters is 1. The summed E-state index contributed by atoms with van der Waals surface area (Å²) in [4.78, 5) is 22.0. The van der Waals surface area contributed by atoms with Crippen LogP contribution in [-0.4, -0.2) is 32.1 Å². The molecule has 0 aliphatic rings. The molecule has 0 aromatic heterocycles. The summed E-state index contributed by atoms with van der Waals surface area (Å²) in [6.07, 6.45) is 1.55. The van der Waals surface area contributed by atoms with E-state index in [0.717, 1.165) is 12.8 Å². The summed E-state index contributed by atoms with van der Waals surface area (Å²) in [7, 11) is 1.28. The van der Waals surface area contributed by atoms with E-state index in [9.17, 15) is 9.59 Å². The molecule has 0 aliphatic carbocycles. The minimum Gasteiger partial charge on any atom is -0.468 e. The molecule has 0 heterocycles. The van der Waals surface area contributed by atoms with Crippen molar-refractivity contribution in [3.05, 3.63) is 0 Å². The number of nitrogens with two attached hydrogens (primary N) is 1. The van der Waals surface area contributed by atoms with Gasteiger partial charge in [-0.05, 0) is 19.4 Å². The first-order chi connectivity index (χ1) is 6.61. The van der Waals surface area contributed by atoms with Gasteiger partial charge in [0.05, 0.1) is 7.11 Å². The van der Waals surface area contributed by atoms with Crippen LogP contribution >= 0.6 is 0 Å². The van der Waals surface area contributed by atoms with Gasteiger partial charge in [-0.25, -0.2) is 0 Å². The standard InChI is InChI=1S/C9H18N2O3/c1-7(4-3-5-10)9(13)11-6-8(12)14-2/h7H,3-6,10H2,1-2H3,(H,11,13). The molecule has 0 fully saturated rings. The first-order valence-electron chi connectivity index (χ1n) is 4.66. The van der Waals surface area contributed by atoms with Crippen LogP contribution in [0.3, 0.4) is 0 Å². The fraction of sp³-hybridized carbons (Fsp3) is 0.778. The van der Waals surface area contributed by atoms with Crippen LogP contribution in [0.5, 0.6) is 0 Å². The van der Waals surface area contributed by atoms with Gasteiger partial charge in [0.1, 0.15) is 6.54 Å². The topological polar surface area (TPSA) is 81.4 Å². The highest BCUT2D eigenvalue weighted by atomic mass is 16.5. The fourth-order valence-corrected chi connectivity index (χ4v) is 0.961. The lowest BCUT2D eigenvalue weighted by atomic mass is 10.1. The summed E-state index contributed by atoms with van der Waals surface area (Å²) >= 11 is 0. The first-order valence-corrected chi connectivity index (χ1v) is 4.66. The van der Waals surface area contributed by atoms with Gasteiger partial charge in [0, 0.05) is 5.92 Å². The van der Waals surface area contributed by atoms with Crippen LogP contribution in [0, 0.1) is 5.92 Å². The number of carbonyl (C=O) groups is 2. The van der Waals surface area contributed by atoms with Crippen LogP contribution in [0.15, 0.2) is 0 Å². The Balaban J connectivity index is 3.67. The second-order valence-corrected chi connectivity index (χ2v) is 3.13. The van der Waals surface area contributed by atoms with Crippen molar-refractivity contribution in [2.45, 2.75) is 19.8 Å². The molecule has 0 bridgehead atoms. The zero-order valence-corrected chi connectivity index (χ0v) is 8.71. The molecule has 5 nitrogen and oxygen atoms in total. The third-order valence-electron chi connectivity index (χ3n) is 1.92. The second-order valence-electron chi connectivity index (χ2n) is 3.13. The smallest absolute Gasteiger partial charge is 0.325 e. The molecule has 0 aromatic rings. The summed E-state index contributed by atoms with van der Waals surface area (Å²) in [6.45, 7) is 2.32. The minimum atomic E-state index is -0.440. The highest BCUT2D eigenvalue weighted by Gasteiger charge is 2.12. The van der Waals surface area contributed by atoms with Gasteiger partial charge in [-0.1, -0.05) is 6.92 Å². The molecule has 5 heteroatoms. The first kappa shape index (κ1) is 12.9. The third kappa shape index (κ3) is 5.53. The molecule has 14 heavy (non-hydrogen) atoms. The van der Waals surface area contributed by atoms with E-state index in [-0.39, 0.29) is 18.4 Å². The van der Waals surface area contributed by atoms with Gasteiger partial charge in [-0.3, -0.25) is 9.59 Å². The number of carbonyl (C=O) groups excluding carboxylic acids is 2. The van der Waals surface area contributed by atoms with Crippen molar-refractivity contribution in [3.8, 4) is 0 Å². The monoisotopic (exact) mass is 202 g/mol. The number of ether oxygens (including phenoxy) is 1. The third-order valence-corrected chi connectivity index (χ3v) is 1.92. The maximum atomic E-state index is 11.3. The average Bonchev–Trinajstić information content (AvgIpc) is 2.21. The Kier molecular flexibility index (Phi) is 6.74. The molecule has 0 spiro atoms. The number of rotatable bonds is 6. The van der Waals surface area contributed by atoms with E-state index in [1.54, 1.807) is 0 Å². The van der Waals surface area contributed by atoms with Gasteiger partial charge >= 0.3 is 5.97 Å². The summed E-state index contributed by atoms with van der Waals surface area (Å²) in [5.74, 6) is -0.684.